The smallest absolute Gasteiger partial charge is 0.417 e. The van der Waals surface area contributed by atoms with E-state index in [1.165, 1.54) is 31.3 Å². The number of cyclic esters (lactones) is 1. The average molecular weight is 605 g/mol. The van der Waals surface area contributed by atoms with Gasteiger partial charge in [0.05, 0.1) is 11.0 Å². The van der Waals surface area contributed by atoms with Gasteiger partial charge in [-0.25, -0.2) is 23.3 Å². The molecule has 3 aromatic carbocycles. The minimum Gasteiger partial charge on any atom is -0.433 e. The zero-order valence-corrected chi connectivity index (χ0v) is 25.3. The van der Waals surface area contributed by atoms with E-state index in [-0.39, 0.29) is 35.2 Å². The zero-order valence-electron chi connectivity index (χ0n) is 25.3. The van der Waals surface area contributed by atoms with Crippen LogP contribution in [0, 0.1) is 11.6 Å². The Balaban J connectivity index is 0.000000328. The lowest BCUT2D eigenvalue weighted by atomic mass is 9.87. The minimum atomic E-state index is -0.966. The summed E-state index contributed by atoms with van der Waals surface area (Å²) >= 11 is 0. The second-order valence-corrected chi connectivity index (χ2v) is 11.9. The van der Waals surface area contributed by atoms with Gasteiger partial charge < -0.3 is 14.6 Å². The Kier molecular flexibility index (Phi) is 9.29. The van der Waals surface area contributed by atoms with Crippen LogP contribution in [0.3, 0.4) is 0 Å². The van der Waals surface area contributed by atoms with Crippen molar-refractivity contribution in [3.8, 4) is 0 Å². The summed E-state index contributed by atoms with van der Waals surface area (Å²) in [6.07, 6.45) is 3.20. The summed E-state index contributed by atoms with van der Waals surface area (Å²) in [6, 6.07) is 21.3. The number of ether oxygens (including phenoxy) is 1. The van der Waals surface area contributed by atoms with Gasteiger partial charge in [-0.3, -0.25) is 9.36 Å². The predicted octanol–water partition coefficient (Wildman–Crippen LogP) is 6.23. The van der Waals surface area contributed by atoms with Gasteiger partial charge in [0.15, 0.2) is 5.60 Å². The Morgan fingerprint density at radius 1 is 0.886 bits per heavy atom. The number of likely N-dealkylation sites (N-methyl/N-ethyl adjacent to an activating group) is 1. The first-order valence-corrected chi connectivity index (χ1v) is 15.0. The molecule has 8 nitrogen and oxygen atoms in total. The van der Waals surface area contributed by atoms with Crippen molar-refractivity contribution >= 4 is 23.0 Å². The molecular weight excluding hydrogens is 566 g/mol. The molecule has 232 valence electrons. The van der Waals surface area contributed by atoms with Crippen molar-refractivity contribution in [2.24, 2.45) is 0 Å². The lowest BCUT2D eigenvalue weighted by Gasteiger charge is -2.32. The number of hydrogen-bond acceptors (Lipinski definition) is 5. The monoisotopic (exact) mass is 604 g/mol. The topological polar surface area (TPSA) is 87.6 Å². The Labute approximate surface area is 255 Å². The molecule has 0 saturated carbocycles. The molecule has 2 amide bonds. The molecule has 4 aromatic rings. The number of rotatable bonds is 7. The molecule has 2 fully saturated rings. The summed E-state index contributed by atoms with van der Waals surface area (Å²) in [7, 11) is 1.40. The quantitative estimate of drug-likeness (QED) is 0.270. The third kappa shape index (κ3) is 6.91. The molecule has 6 rings (SSSR count). The maximum Gasteiger partial charge on any atom is 0.417 e. The van der Waals surface area contributed by atoms with Crippen LogP contribution in [-0.4, -0.2) is 63.6 Å². The molecule has 0 radical (unpaired) electrons. The van der Waals surface area contributed by atoms with Crippen molar-refractivity contribution in [3.63, 3.8) is 0 Å². The predicted molar refractivity (Wildman–Crippen MR) is 164 cm³/mol. The Hall–Kier alpha value is -4.31. The molecule has 10 heteroatoms. The van der Waals surface area contributed by atoms with Crippen molar-refractivity contribution in [1.29, 1.82) is 0 Å². The third-order valence-corrected chi connectivity index (χ3v) is 8.49. The molecular formula is C34H38F2N4O4. The van der Waals surface area contributed by atoms with Gasteiger partial charge in [0.25, 0.3) is 5.91 Å². The molecule has 0 unspecified atom stereocenters. The van der Waals surface area contributed by atoms with E-state index in [2.05, 4.69) is 9.88 Å². The van der Waals surface area contributed by atoms with E-state index in [1.54, 1.807) is 13.8 Å². The molecule has 2 aliphatic rings. The SMILES string of the molecule is CN1C(=O)OC(C)(C)C1=O.O=c1[nH]c2ccccc2n1C1CCN(CCCC(c2ccc(F)cc2)c2ccc(F)cc2)CC1. The highest BCUT2D eigenvalue weighted by Gasteiger charge is 2.44. The molecule has 2 aliphatic heterocycles. The van der Waals surface area contributed by atoms with Gasteiger partial charge in [0.2, 0.25) is 0 Å². The maximum absolute atomic E-state index is 13.5. The Bertz CT molecular complexity index is 1610. The summed E-state index contributed by atoms with van der Waals surface area (Å²) in [4.78, 5) is 40.6. The number of para-hydroxylation sites is 2. The number of carbonyl (C=O) groups is 2. The van der Waals surface area contributed by atoms with Gasteiger partial charge in [-0.2, -0.15) is 0 Å². The largest absolute Gasteiger partial charge is 0.433 e. The van der Waals surface area contributed by atoms with E-state index in [0.717, 1.165) is 72.4 Å². The fourth-order valence-electron chi connectivity index (χ4n) is 6.09. The third-order valence-electron chi connectivity index (χ3n) is 8.49. The van der Waals surface area contributed by atoms with E-state index in [0.29, 0.717) is 0 Å². The van der Waals surface area contributed by atoms with Crippen LogP contribution in [0.5, 0.6) is 0 Å². The number of H-pyrrole nitrogens is 1. The Morgan fingerprint density at radius 3 is 1.95 bits per heavy atom. The van der Waals surface area contributed by atoms with E-state index >= 15 is 0 Å². The lowest BCUT2D eigenvalue weighted by molar-refractivity contribution is -0.133. The van der Waals surface area contributed by atoms with Gasteiger partial charge in [0.1, 0.15) is 11.6 Å². The molecule has 0 aliphatic carbocycles. The molecule has 0 bridgehead atoms. The zero-order chi connectivity index (χ0) is 31.4. The molecule has 1 aromatic heterocycles. The minimum absolute atomic E-state index is 0.0268. The second-order valence-electron chi connectivity index (χ2n) is 11.9. The van der Waals surface area contributed by atoms with Crippen molar-refractivity contribution in [2.75, 3.05) is 26.7 Å². The normalized spacial score (nSPS) is 17.2. The van der Waals surface area contributed by atoms with Crippen LogP contribution in [-0.2, 0) is 9.53 Å². The highest BCUT2D eigenvalue weighted by molar-refractivity contribution is 6.01. The number of nitrogens with one attached hydrogen (secondary N) is 1. The van der Waals surface area contributed by atoms with Crippen LogP contribution < -0.4 is 5.69 Å². The van der Waals surface area contributed by atoms with E-state index < -0.39 is 11.7 Å². The second kappa shape index (κ2) is 13.1. The number of halogens is 2. The van der Waals surface area contributed by atoms with E-state index in [1.807, 2.05) is 53.1 Å². The van der Waals surface area contributed by atoms with Gasteiger partial charge >= 0.3 is 11.8 Å². The number of fused-ring (bicyclic) bond motifs is 1. The molecule has 2 saturated heterocycles. The first kappa shape index (κ1) is 31.1. The number of hydrogen-bond donors (Lipinski definition) is 1. The van der Waals surface area contributed by atoms with Crippen molar-refractivity contribution in [3.05, 3.63) is 106 Å². The number of likely N-dealkylation sites (tertiary alicyclic amines) is 1. The van der Waals surface area contributed by atoms with Gasteiger partial charge in [-0.15, -0.1) is 0 Å². The van der Waals surface area contributed by atoms with E-state index in [4.69, 9.17) is 4.74 Å². The van der Waals surface area contributed by atoms with Crippen LogP contribution in [0.15, 0.2) is 77.6 Å². The van der Waals surface area contributed by atoms with Crippen molar-refractivity contribution < 1.29 is 23.1 Å². The van der Waals surface area contributed by atoms with Crippen molar-refractivity contribution in [1.82, 2.24) is 19.4 Å². The van der Waals surface area contributed by atoms with Crippen molar-refractivity contribution in [2.45, 2.75) is 57.1 Å². The van der Waals surface area contributed by atoms with Gasteiger partial charge in [-0.1, -0.05) is 36.4 Å². The first-order chi connectivity index (χ1) is 21.0. The standard InChI is InChI=1S/C28H29F2N3O.C6H9NO3/c29-22-11-7-20(8-12-22)25(21-9-13-23(30)14-10-21)4-3-17-32-18-15-24(16-19-32)33-27-6-2-1-5-26(27)31-28(33)34;1-6(2)4(8)7(3)5(9)10-6/h1-2,5-14,24-25H,3-4,15-19H2,(H,31,34);1-3H3. The number of aromatic nitrogens is 2. The summed E-state index contributed by atoms with van der Waals surface area (Å²) in [6.45, 7) is 6.00. The fraction of sp³-hybridized carbons (Fsp3) is 0.382. The number of nitrogens with zero attached hydrogens (tertiary/aromatic N) is 3. The fourth-order valence-corrected chi connectivity index (χ4v) is 6.09. The maximum atomic E-state index is 13.5. The summed E-state index contributed by atoms with van der Waals surface area (Å²) < 4.78 is 33.6. The van der Waals surface area contributed by atoms with Crippen LogP contribution in [0.1, 0.15) is 62.6 Å². The lowest BCUT2D eigenvalue weighted by Crippen LogP contribution is -2.37. The first-order valence-electron chi connectivity index (χ1n) is 15.0. The average Bonchev–Trinajstić information content (AvgIpc) is 3.44. The summed E-state index contributed by atoms with van der Waals surface area (Å²) in [5, 5.41) is 0. The number of carbonyl (C=O) groups excluding carboxylic acids is 2. The number of benzene rings is 3. The van der Waals surface area contributed by atoms with Crippen LogP contribution in [0.25, 0.3) is 11.0 Å². The number of aromatic amines is 1. The number of imide groups is 1. The molecule has 44 heavy (non-hydrogen) atoms. The highest BCUT2D eigenvalue weighted by Crippen LogP contribution is 2.31. The molecule has 0 atom stereocenters. The molecule has 0 spiro atoms. The Morgan fingerprint density at radius 2 is 1.45 bits per heavy atom. The van der Waals surface area contributed by atoms with Gasteiger partial charge in [0, 0.05) is 32.1 Å². The van der Waals surface area contributed by atoms with Crippen LogP contribution in [0.2, 0.25) is 0 Å². The van der Waals surface area contributed by atoms with E-state index in [9.17, 15) is 23.2 Å². The van der Waals surface area contributed by atoms with Crippen LogP contribution in [0.4, 0.5) is 13.6 Å². The molecule has 3 heterocycles. The summed E-state index contributed by atoms with van der Waals surface area (Å²) in [5.74, 6) is -0.696. The number of amides is 2. The molecule has 1 N–H and O–H groups in total. The van der Waals surface area contributed by atoms with Crippen LogP contribution >= 0.6 is 0 Å². The number of imidazole rings is 1. The number of piperidine rings is 1. The highest BCUT2D eigenvalue weighted by atomic mass is 19.1. The van der Waals surface area contributed by atoms with Gasteiger partial charge in [-0.05, 0) is 93.6 Å². The summed E-state index contributed by atoms with van der Waals surface area (Å²) in [5.41, 5.74) is 2.97.